The topological polar surface area (TPSA) is 142 Å². The Balaban J connectivity index is 1.11. The van der Waals surface area contributed by atoms with Crippen molar-refractivity contribution >= 4 is 35.5 Å². The second-order valence-corrected chi connectivity index (χ2v) is 17.3. The Kier molecular flexibility index (Phi) is 18.8. The Morgan fingerprint density at radius 2 is 0.818 bits per heavy atom. The quantitative estimate of drug-likeness (QED) is 0.0260. The van der Waals surface area contributed by atoms with Gasteiger partial charge in [0.2, 0.25) is 0 Å². The zero-order chi connectivity index (χ0) is 56.0. The van der Waals surface area contributed by atoms with Crippen LogP contribution >= 0.6 is 0 Å². The van der Waals surface area contributed by atoms with Crippen LogP contribution in [0, 0.1) is 17.0 Å². The summed E-state index contributed by atoms with van der Waals surface area (Å²) in [4.78, 5) is 26.6. The molecule has 0 heterocycles. The molecule has 77 heavy (non-hydrogen) atoms. The molecule has 0 spiro atoms. The summed E-state index contributed by atoms with van der Waals surface area (Å²) in [6.07, 6.45) is -15.0. The fraction of sp³-hybridized carbons (Fsp3) is 0.236. The van der Waals surface area contributed by atoms with E-state index in [2.05, 4.69) is 9.47 Å². The van der Waals surface area contributed by atoms with Crippen LogP contribution in [0.3, 0.4) is 0 Å². The van der Waals surface area contributed by atoms with Gasteiger partial charge in [0.1, 0.15) is 24.7 Å². The van der Waals surface area contributed by atoms with Crippen LogP contribution in [0.15, 0.2) is 146 Å². The van der Waals surface area contributed by atoms with E-state index in [1.54, 1.807) is 48.5 Å². The van der Waals surface area contributed by atoms with Crippen LogP contribution in [-0.4, -0.2) is 50.7 Å². The van der Waals surface area contributed by atoms with E-state index in [0.717, 1.165) is 60.7 Å². The summed E-state index contributed by atoms with van der Waals surface area (Å²) < 4.78 is 195. The standard InChI is InChI=1S/C55H46F12N2O8/c56-45-29-43(72-27-25-52(58,59)60)19-21-47(45)76-54(64,65)39-11-1-35(2-12-39)9-23-49(70)74-33-51(31-37-5-15-41(68)16-6-37,32-38-7-17-42(69)18-8-38)34-75-50(71)24-10-36-3-13-40(14-4-36)55(66,67)77-48-22-20-44(30-46(48)57)73-28-26-53(61,62)63/h1-24,29-30H,25-28,31-34,68-69H2/b23-9+,24-10+. The Bertz CT molecular complexity index is 2780. The number of nitrogens with two attached hydrogens (primary N) is 2. The Morgan fingerprint density at radius 3 is 1.14 bits per heavy atom. The molecule has 0 unspecified atom stereocenters. The van der Waals surface area contributed by atoms with Crippen molar-refractivity contribution in [2.45, 2.75) is 50.3 Å². The molecule has 22 heteroatoms. The molecule has 6 aromatic rings. The van der Waals surface area contributed by atoms with Crippen molar-refractivity contribution in [2.24, 2.45) is 5.41 Å². The number of esters is 2. The summed E-state index contributed by atoms with van der Waals surface area (Å²) in [5, 5.41) is 0. The van der Waals surface area contributed by atoms with Crippen molar-refractivity contribution in [1.29, 1.82) is 0 Å². The molecule has 0 bridgehead atoms. The van der Waals surface area contributed by atoms with E-state index >= 15 is 17.6 Å². The number of rotatable bonds is 24. The van der Waals surface area contributed by atoms with Gasteiger partial charge in [0.05, 0.1) is 37.2 Å². The molecule has 408 valence electrons. The normalized spacial score (nSPS) is 12.4. The largest absolute Gasteiger partial charge is 0.493 e. The minimum atomic E-state index is -4.52. The molecular weight excluding hydrogens is 1040 g/mol. The average molecular weight is 1090 g/mol. The van der Waals surface area contributed by atoms with E-state index in [1.165, 1.54) is 36.4 Å². The van der Waals surface area contributed by atoms with Gasteiger partial charge in [0, 0.05) is 41.1 Å². The van der Waals surface area contributed by atoms with Gasteiger partial charge in [-0.2, -0.15) is 43.9 Å². The third-order valence-corrected chi connectivity index (χ3v) is 11.1. The third kappa shape index (κ3) is 18.5. The molecule has 0 fully saturated rings. The molecule has 0 saturated heterocycles. The van der Waals surface area contributed by atoms with Gasteiger partial charge in [0.15, 0.2) is 23.1 Å². The number of carbonyl (C=O) groups is 2. The SMILES string of the molecule is Nc1ccc(CC(COC(=O)/C=C/c2ccc(C(F)(F)Oc3ccc(OCCC(F)(F)F)cc3F)cc2)(COC(=O)/C=C/c2ccc(C(F)(F)Oc3ccc(OCCC(F)(F)F)cc3F)cc2)Cc2ccc(N)cc2)cc1. The van der Waals surface area contributed by atoms with E-state index in [0.29, 0.717) is 34.6 Å². The van der Waals surface area contributed by atoms with Gasteiger partial charge >= 0.3 is 36.5 Å². The number of alkyl halides is 10. The zero-order valence-corrected chi connectivity index (χ0v) is 40.1. The van der Waals surface area contributed by atoms with E-state index < -0.39 is 102 Å². The van der Waals surface area contributed by atoms with E-state index in [4.69, 9.17) is 30.4 Å². The minimum Gasteiger partial charge on any atom is -0.493 e. The van der Waals surface area contributed by atoms with E-state index in [1.807, 2.05) is 0 Å². The second-order valence-electron chi connectivity index (χ2n) is 17.3. The molecule has 0 atom stereocenters. The predicted molar refractivity (Wildman–Crippen MR) is 259 cm³/mol. The minimum absolute atomic E-state index is 0.148. The van der Waals surface area contributed by atoms with Crippen LogP contribution < -0.4 is 30.4 Å². The highest BCUT2D eigenvalue weighted by Gasteiger charge is 2.38. The zero-order valence-electron chi connectivity index (χ0n) is 40.1. The number of ether oxygens (including phenoxy) is 6. The first kappa shape index (κ1) is 58.0. The summed E-state index contributed by atoms with van der Waals surface area (Å²) in [5.74, 6) is -6.88. The highest BCUT2D eigenvalue weighted by atomic mass is 19.4. The maximum Gasteiger partial charge on any atom is 0.426 e. The van der Waals surface area contributed by atoms with Crippen molar-refractivity contribution in [2.75, 3.05) is 37.9 Å². The molecule has 10 nitrogen and oxygen atoms in total. The molecule has 0 saturated carbocycles. The maximum absolute atomic E-state index is 15.1. The highest BCUT2D eigenvalue weighted by Crippen LogP contribution is 2.37. The third-order valence-electron chi connectivity index (χ3n) is 11.1. The molecule has 6 aromatic carbocycles. The van der Waals surface area contributed by atoms with Crippen molar-refractivity contribution in [3.8, 4) is 23.0 Å². The number of hydrogen-bond acceptors (Lipinski definition) is 10. The van der Waals surface area contributed by atoms with Crippen LogP contribution in [0.25, 0.3) is 12.2 Å². The highest BCUT2D eigenvalue weighted by molar-refractivity contribution is 5.87. The smallest absolute Gasteiger partial charge is 0.426 e. The Hall–Kier alpha value is -8.30. The molecule has 0 aliphatic carbocycles. The fourth-order valence-corrected chi connectivity index (χ4v) is 7.17. The van der Waals surface area contributed by atoms with Gasteiger partial charge in [-0.1, -0.05) is 48.5 Å². The number of hydrogen-bond donors (Lipinski definition) is 2. The molecule has 0 amide bonds. The predicted octanol–water partition coefficient (Wildman–Crippen LogP) is 13.3. The van der Waals surface area contributed by atoms with Crippen LogP contribution in [0.1, 0.15) is 46.2 Å². The molecular formula is C55H46F12N2O8. The van der Waals surface area contributed by atoms with Gasteiger partial charge < -0.3 is 39.9 Å². The van der Waals surface area contributed by atoms with Gasteiger partial charge in [-0.25, -0.2) is 18.4 Å². The second kappa shape index (κ2) is 25.0. The van der Waals surface area contributed by atoms with Crippen LogP contribution in [-0.2, 0) is 44.1 Å². The molecule has 6 rings (SSSR count). The lowest BCUT2D eigenvalue weighted by molar-refractivity contribution is -0.187. The van der Waals surface area contributed by atoms with Crippen molar-refractivity contribution < 1.29 is 90.7 Å². The van der Waals surface area contributed by atoms with Gasteiger partial charge in [0.25, 0.3) is 0 Å². The molecule has 0 aromatic heterocycles. The Morgan fingerprint density at radius 1 is 0.468 bits per heavy atom. The molecule has 0 radical (unpaired) electrons. The fourth-order valence-electron chi connectivity index (χ4n) is 7.17. The lowest BCUT2D eigenvalue weighted by Gasteiger charge is -2.33. The maximum atomic E-state index is 15.1. The molecule has 0 aliphatic rings. The molecule has 0 aliphatic heterocycles. The summed E-state index contributed by atoms with van der Waals surface area (Å²) in [7, 11) is 0. The number of nitrogen functional groups attached to an aromatic ring is 2. The van der Waals surface area contributed by atoms with Crippen LogP contribution in [0.5, 0.6) is 23.0 Å². The van der Waals surface area contributed by atoms with Crippen LogP contribution in [0.2, 0.25) is 0 Å². The first-order chi connectivity index (χ1) is 36.2. The van der Waals surface area contributed by atoms with Crippen molar-refractivity contribution in [3.63, 3.8) is 0 Å². The monoisotopic (exact) mass is 1090 g/mol. The lowest BCUT2D eigenvalue weighted by Crippen LogP contribution is -2.38. The number of anilines is 2. The van der Waals surface area contributed by atoms with Crippen LogP contribution in [0.4, 0.5) is 64.1 Å². The Labute approximate surface area is 432 Å². The van der Waals surface area contributed by atoms with Gasteiger partial charge in [-0.3, -0.25) is 0 Å². The van der Waals surface area contributed by atoms with Gasteiger partial charge in [-0.05, 0) is 120 Å². The average Bonchev–Trinajstić information content (AvgIpc) is 3.36. The summed E-state index contributed by atoms with van der Waals surface area (Å²) in [5.41, 5.74) is 12.1. The first-order valence-electron chi connectivity index (χ1n) is 23.0. The number of carbonyl (C=O) groups excluding carboxylic acids is 2. The first-order valence-corrected chi connectivity index (χ1v) is 23.0. The van der Waals surface area contributed by atoms with E-state index in [9.17, 15) is 44.7 Å². The molecule has 4 N–H and O–H groups in total. The number of benzene rings is 6. The van der Waals surface area contributed by atoms with E-state index in [-0.39, 0.29) is 48.7 Å². The number of halogens is 12. The van der Waals surface area contributed by atoms with Gasteiger partial charge in [-0.15, -0.1) is 0 Å². The van der Waals surface area contributed by atoms with Crippen molar-refractivity contribution in [3.05, 3.63) is 191 Å². The summed E-state index contributed by atoms with van der Waals surface area (Å²) in [6, 6.07) is 26.9. The summed E-state index contributed by atoms with van der Waals surface area (Å²) >= 11 is 0. The lowest BCUT2D eigenvalue weighted by atomic mass is 9.77. The van der Waals surface area contributed by atoms with Crippen molar-refractivity contribution in [1.82, 2.24) is 0 Å². The summed E-state index contributed by atoms with van der Waals surface area (Å²) in [6.45, 7) is -2.36.